The van der Waals surface area contributed by atoms with Crippen molar-refractivity contribution in [3.8, 4) is 0 Å². The molecule has 0 bridgehead atoms. The molecular formula is C25H29N5O2. The first-order chi connectivity index (χ1) is 15.5. The van der Waals surface area contributed by atoms with Crippen LogP contribution in [0.1, 0.15) is 27.3 Å². The Bertz CT molecular complexity index is 1080. The number of hydrogen-bond donors (Lipinski definition) is 1. The number of anilines is 1. The molecule has 2 heterocycles. The van der Waals surface area contributed by atoms with Gasteiger partial charge in [0.25, 0.3) is 5.91 Å². The second-order valence-electron chi connectivity index (χ2n) is 8.14. The molecule has 1 saturated heterocycles. The largest absolute Gasteiger partial charge is 0.367 e. The number of nitrogens with one attached hydrogen (secondary N) is 1. The zero-order valence-electron chi connectivity index (χ0n) is 18.6. The smallest absolute Gasteiger partial charge is 0.253 e. The van der Waals surface area contributed by atoms with E-state index in [2.05, 4.69) is 15.3 Å². The fraction of sp³-hybridized carbons (Fsp3) is 0.320. The van der Waals surface area contributed by atoms with Gasteiger partial charge in [0.2, 0.25) is 5.91 Å². The van der Waals surface area contributed by atoms with Gasteiger partial charge in [0.05, 0.1) is 11.3 Å². The van der Waals surface area contributed by atoms with Crippen LogP contribution < -0.4 is 10.2 Å². The van der Waals surface area contributed by atoms with Crippen LogP contribution in [0.4, 0.5) is 5.69 Å². The number of aromatic nitrogens is 2. The van der Waals surface area contributed by atoms with Gasteiger partial charge >= 0.3 is 0 Å². The summed E-state index contributed by atoms with van der Waals surface area (Å²) in [7, 11) is 0. The van der Waals surface area contributed by atoms with Crippen molar-refractivity contribution in [2.45, 2.75) is 26.9 Å². The summed E-state index contributed by atoms with van der Waals surface area (Å²) in [6.07, 6.45) is 0. The Balaban J connectivity index is 1.37. The fourth-order valence-electron chi connectivity index (χ4n) is 4.07. The number of piperazine rings is 1. The third-order valence-electron chi connectivity index (χ3n) is 5.81. The molecule has 166 valence electrons. The molecule has 0 spiro atoms. The van der Waals surface area contributed by atoms with Crippen LogP contribution in [0, 0.1) is 13.8 Å². The lowest BCUT2D eigenvalue weighted by Gasteiger charge is -2.37. The van der Waals surface area contributed by atoms with Crippen LogP contribution in [0.2, 0.25) is 0 Å². The molecule has 1 aliphatic heterocycles. The molecule has 32 heavy (non-hydrogen) atoms. The fourth-order valence-corrected chi connectivity index (χ4v) is 4.07. The molecule has 1 fully saturated rings. The highest BCUT2D eigenvalue weighted by Crippen LogP contribution is 2.22. The highest BCUT2D eigenvalue weighted by molar-refractivity contribution is 5.99. The van der Waals surface area contributed by atoms with E-state index < -0.39 is 0 Å². The molecule has 0 radical (unpaired) electrons. The molecule has 0 saturated carbocycles. The van der Waals surface area contributed by atoms with Gasteiger partial charge in [-0.2, -0.15) is 5.10 Å². The van der Waals surface area contributed by atoms with Gasteiger partial charge in [-0.25, -0.2) is 0 Å². The molecule has 7 heteroatoms. The third-order valence-corrected chi connectivity index (χ3v) is 5.81. The molecule has 1 aromatic heterocycles. The molecule has 2 aromatic carbocycles. The van der Waals surface area contributed by atoms with Crippen LogP contribution in [-0.2, 0) is 17.9 Å². The summed E-state index contributed by atoms with van der Waals surface area (Å²) < 4.78 is 1.76. The van der Waals surface area contributed by atoms with Crippen LogP contribution in [0.25, 0.3) is 0 Å². The monoisotopic (exact) mass is 431 g/mol. The van der Waals surface area contributed by atoms with Crippen molar-refractivity contribution < 1.29 is 9.59 Å². The van der Waals surface area contributed by atoms with Crippen molar-refractivity contribution >= 4 is 17.5 Å². The zero-order chi connectivity index (χ0) is 22.5. The first-order valence-corrected chi connectivity index (χ1v) is 11.0. The summed E-state index contributed by atoms with van der Waals surface area (Å²) in [5, 5.41) is 7.41. The second kappa shape index (κ2) is 9.68. The van der Waals surface area contributed by atoms with Crippen LogP contribution in [-0.4, -0.2) is 52.7 Å². The Morgan fingerprint density at radius 2 is 1.62 bits per heavy atom. The number of carbonyl (C=O) groups excluding carboxylic acids is 2. The number of benzene rings is 2. The standard InChI is InChI=1S/C25H29N5O2/c1-19-16-20(2)30(27-19)18-24(31)29-14-12-28(13-15-29)23-11-7-6-10-22(23)25(32)26-17-21-8-4-3-5-9-21/h3-11,16H,12-15,17-18H2,1-2H3,(H,26,32). The number of nitrogens with zero attached hydrogens (tertiary/aromatic N) is 4. The quantitative estimate of drug-likeness (QED) is 0.652. The highest BCUT2D eigenvalue weighted by atomic mass is 16.2. The van der Waals surface area contributed by atoms with Crippen molar-refractivity contribution in [1.82, 2.24) is 20.0 Å². The van der Waals surface area contributed by atoms with Gasteiger partial charge in [0.1, 0.15) is 6.54 Å². The lowest BCUT2D eigenvalue weighted by atomic mass is 10.1. The first kappa shape index (κ1) is 21.6. The van der Waals surface area contributed by atoms with E-state index >= 15 is 0 Å². The molecular weight excluding hydrogens is 402 g/mol. The topological polar surface area (TPSA) is 70.5 Å². The number of carbonyl (C=O) groups is 2. The lowest BCUT2D eigenvalue weighted by molar-refractivity contribution is -0.132. The maximum atomic E-state index is 12.9. The van der Waals surface area contributed by atoms with E-state index in [0.29, 0.717) is 38.3 Å². The van der Waals surface area contributed by atoms with E-state index in [1.165, 1.54) is 0 Å². The van der Waals surface area contributed by atoms with E-state index in [4.69, 9.17) is 0 Å². The molecule has 0 aliphatic carbocycles. The Hall–Kier alpha value is -3.61. The van der Waals surface area contributed by atoms with Crippen molar-refractivity contribution in [2.75, 3.05) is 31.1 Å². The molecule has 7 nitrogen and oxygen atoms in total. The zero-order valence-corrected chi connectivity index (χ0v) is 18.6. The van der Waals surface area contributed by atoms with E-state index in [1.54, 1.807) is 4.68 Å². The Morgan fingerprint density at radius 3 is 2.31 bits per heavy atom. The van der Waals surface area contributed by atoms with Crippen molar-refractivity contribution in [1.29, 1.82) is 0 Å². The minimum absolute atomic E-state index is 0.0738. The van der Waals surface area contributed by atoms with Crippen molar-refractivity contribution in [2.24, 2.45) is 0 Å². The van der Waals surface area contributed by atoms with Gasteiger partial charge in [0, 0.05) is 44.1 Å². The highest BCUT2D eigenvalue weighted by Gasteiger charge is 2.24. The minimum atomic E-state index is -0.0903. The summed E-state index contributed by atoms with van der Waals surface area (Å²) in [6.45, 7) is 7.26. The molecule has 4 rings (SSSR count). The van der Waals surface area contributed by atoms with Gasteiger partial charge in [0.15, 0.2) is 0 Å². The van der Waals surface area contributed by atoms with E-state index in [-0.39, 0.29) is 18.4 Å². The van der Waals surface area contributed by atoms with Gasteiger partial charge in [-0.1, -0.05) is 42.5 Å². The Kier molecular flexibility index (Phi) is 6.54. The maximum absolute atomic E-state index is 12.9. The molecule has 1 N–H and O–H groups in total. The SMILES string of the molecule is Cc1cc(C)n(CC(=O)N2CCN(c3ccccc3C(=O)NCc3ccccc3)CC2)n1. The molecule has 1 aliphatic rings. The van der Waals surface area contributed by atoms with Gasteiger partial charge in [-0.3, -0.25) is 14.3 Å². The van der Waals surface area contributed by atoms with Gasteiger partial charge in [-0.15, -0.1) is 0 Å². The number of aryl methyl sites for hydroxylation is 2. The summed E-state index contributed by atoms with van der Waals surface area (Å²) in [5.41, 5.74) is 4.54. The molecule has 3 aromatic rings. The minimum Gasteiger partial charge on any atom is -0.367 e. The van der Waals surface area contributed by atoms with E-state index in [0.717, 1.165) is 22.6 Å². The van der Waals surface area contributed by atoms with Gasteiger partial charge in [-0.05, 0) is 37.6 Å². The number of para-hydroxylation sites is 1. The average molecular weight is 432 g/mol. The van der Waals surface area contributed by atoms with E-state index in [9.17, 15) is 9.59 Å². The molecule has 0 atom stereocenters. The lowest BCUT2D eigenvalue weighted by Crippen LogP contribution is -2.50. The molecule has 2 amide bonds. The second-order valence-corrected chi connectivity index (χ2v) is 8.14. The number of amides is 2. The number of rotatable bonds is 6. The van der Waals surface area contributed by atoms with Crippen molar-refractivity contribution in [3.63, 3.8) is 0 Å². The Labute approximate surface area is 188 Å². The summed E-state index contributed by atoms with van der Waals surface area (Å²) in [6, 6.07) is 19.5. The summed E-state index contributed by atoms with van der Waals surface area (Å²) in [5.74, 6) is -0.0165. The van der Waals surface area contributed by atoms with Crippen LogP contribution >= 0.6 is 0 Å². The Morgan fingerprint density at radius 1 is 0.938 bits per heavy atom. The molecule has 0 unspecified atom stereocenters. The summed E-state index contributed by atoms with van der Waals surface area (Å²) in [4.78, 5) is 29.7. The van der Waals surface area contributed by atoms with E-state index in [1.807, 2.05) is 79.4 Å². The normalized spacial score (nSPS) is 13.8. The van der Waals surface area contributed by atoms with Crippen LogP contribution in [0.15, 0.2) is 60.7 Å². The van der Waals surface area contributed by atoms with Crippen LogP contribution in [0.5, 0.6) is 0 Å². The van der Waals surface area contributed by atoms with Gasteiger partial charge < -0.3 is 15.1 Å². The third kappa shape index (κ3) is 4.99. The van der Waals surface area contributed by atoms with Crippen LogP contribution in [0.3, 0.4) is 0 Å². The summed E-state index contributed by atoms with van der Waals surface area (Å²) >= 11 is 0. The number of hydrogen-bond acceptors (Lipinski definition) is 4. The maximum Gasteiger partial charge on any atom is 0.253 e. The van der Waals surface area contributed by atoms with Crippen molar-refractivity contribution in [3.05, 3.63) is 83.2 Å². The predicted octanol–water partition coefficient (Wildman–Crippen LogP) is 2.78. The average Bonchev–Trinajstić information content (AvgIpc) is 3.14. The predicted molar refractivity (Wildman–Crippen MR) is 125 cm³/mol. The first-order valence-electron chi connectivity index (χ1n) is 11.0.